The Balaban J connectivity index is 1.67. The van der Waals surface area contributed by atoms with Gasteiger partial charge in [0.2, 0.25) is 0 Å². The molecule has 1 saturated carbocycles. The first-order chi connectivity index (χ1) is 6.84. The minimum atomic E-state index is 0.408. The van der Waals surface area contributed by atoms with Crippen LogP contribution in [-0.2, 0) is 11.4 Å². The third-order valence-electron chi connectivity index (χ3n) is 2.59. The largest absolute Gasteiger partial charge is 0.465 e. The summed E-state index contributed by atoms with van der Waals surface area (Å²) in [6, 6.07) is 3.94. The zero-order chi connectivity index (χ0) is 9.80. The molecule has 3 heteroatoms. The number of hydroxylamine groups is 1. The highest BCUT2D eigenvalue weighted by Gasteiger charge is 2.15. The minimum Gasteiger partial charge on any atom is -0.465 e. The van der Waals surface area contributed by atoms with Crippen molar-refractivity contribution in [2.75, 3.05) is 0 Å². The molecule has 0 bridgehead atoms. The number of aryl methyl sites for hydroxylation is 1. The molecule has 0 unspecified atom stereocenters. The normalized spacial score (nSPS) is 17.8. The van der Waals surface area contributed by atoms with Crippen LogP contribution in [-0.4, -0.2) is 6.10 Å². The van der Waals surface area contributed by atoms with Crippen molar-refractivity contribution in [2.45, 2.75) is 45.3 Å². The molecule has 0 spiro atoms. The molecule has 1 aromatic rings. The molecule has 0 saturated heterocycles. The Kier molecular flexibility index (Phi) is 3.22. The summed E-state index contributed by atoms with van der Waals surface area (Å²) in [6.45, 7) is 2.60. The van der Waals surface area contributed by atoms with Crippen LogP contribution in [0.5, 0.6) is 0 Å². The third-order valence-corrected chi connectivity index (χ3v) is 2.59. The van der Waals surface area contributed by atoms with E-state index in [0.29, 0.717) is 12.6 Å². The van der Waals surface area contributed by atoms with Gasteiger partial charge in [0.1, 0.15) is 11.5 Å². The van der Waals surface area contributed by atoms with E-state index in [-0.39, 0.29) is 0 Å². The molecule has 1 heterocycles. The van der Waals surface area contributed by atoms with Crippen LogP contribution >= 0.6 is 0 Å². The lowest BCUT2D eigenvalue weighted by Crippen LogP contribution is -2.20. The molecule has 2 rings (SSSR count). The lowest BCUT2D eigenvalue weighted by Gasteiger charge is -2.10. The van der Waals surface area contributed by atoms with Crippen molar-refractivity contribution >= 4 is 0 Å². The highest BCUT2D eigenvalue weighted by atomic mass is 16.7. The monoisotopic (exact) mass is 195 g/mol. The zero-order valence-corrected chi connectivity index (χ0v) is 8.58. The Morgan fingerprint density at radius 1 is 1.43 bits per heavy atom. The summed E-state index contributed by atoms with van der Waals surface area (Å²) in [5.74, 6) is 1.88. The molecule has 1 N–H and O–H groups in total. The predicted molar refractivity (Wildman–Crippen MR) is 53.6 cm³/mol. The maximum atomic E-state index is 5.51. The van der Waals surface area contributed by atoms with Crippen LogP contribution in [0, 0.1) is 6.92 Å². The molecule has 14 heavy (non-hydrogen) atoms. The number of nitrogens with one attached hydrogen (secondary N) is 1. The van der Waals surface area contributed by atoms with Gasteiger partial charge < -0.3 is 4.42 Å². The molecule has 0 aliphatic heterocycles. The van der Waals surface area contributed by atoms with Crippen LogP contribution in [0.2, 0.25) is 0 Å². The van der Waals surface area contributed by atoms with Gasteiger partial charge in [-0.1, -0.05) is 12.8 Å². The van der Waals surface area contributed by atoms with Crippen LogP contribution in [0.25, 0.3) is 0 Å². The van der Waals surface area contributed by atoms with Gasteiger partial charge >= 0.3 is 0 Å². The summed E-state index contributed by atoms with van der Waals surface area (Å²) in [6.07, 6.45) is 5.37. The summed E-state index contributed by atoms with van der Waals surface area (Å²) in [4.78, 5) is 5.51. The van der Waals surface area contributed by atoms with E-state index in [0.717, 1.165) is 11.5 Å². The molecule has 1 aliphatic carbocycles. The van der Waals surface area contributed by atoms with Crippen molar-refractivity contribution in [3.63, 3.8) is 0 Å². The standard InChI is InChI=1S/C11H17NO2/c1-9-6-7-11(13-9)8-12-14-10-4-2-3-5-10/h6-7,10,12H,2-5,8H2,1H3. The molecule has 0 radical (unpaired) electrons. The molecular formula is C11H17NO2. The van der Waals surface area contributed by atoms with Crippen molar-refractivity contribution in [3.8, 4) is 0 Å². The predicted octanol–water partition coefficient (Wildman–Crippen LogP) is 2.55. The van der Waals surface area contributed by atoms with E-state index in [2.05, 4.69) is 5.48 Å². The molecule has 3 nitrogen and oxygen atoms in total. The van der Waals surface area contributed by atoms with Crippen LogP contribution in [0.4, 0.5) is 0 Å². The zero-order valence-electron chi connectivity index (χ0n) is 8.58. The average molecular weight is 195 g/mol. The molecular weight excluding hydrogens is 178 g/mol. The Morgan fingerprint density at radius 3 is 2.86 bits per heavy atom. The maximum Gasteiger partial charge on any atom is 0.120 e. The van der Waals surface area contributed by atoms with Gasteiger partial charge in [0.25, 0.3) is 0 Å². The van der Waals surface area contributed by atoms with E-state index in [1.807, 2.05) is 19.1 Å². The lowest BCUT2D eigenvalue weighted by molar-refractivity contribution is -0.0268. The van der Waals surface area contributed by atoms with E-state index in [4.69, 9.17) is 9.25 Å². The van der Waals surface area contributed by atoms with Crippen molar-refractivity contribution in [1.29, 1.82) is 0 Å². The average Bonchev–Trinajstić information content (AvgIpc) is 2.77. The fraction of sp³-hybridized carbons (Fsp3) is 0.636. The fourth-order valence-corrected chi connectivity index (χ4v) is 1.82. The molecule has 0 aromatic carbocycles. The second-order valence-electron chi connectivity index (χ2n) is 3.86. The number of hydrogen-bond acceptors (Lipinski definition) is 3. The Morgan fingerprint density at radius 2 is 2.21 bits per heavy atom. The minimum absolute atomic E-state index is 0.408. The topological polar surface area (TPSA) is 34.4 Å². The van der Waals surface area contributed by atoms with Gasteiger partial charge in [-0.2, -0.15) is 5.48 Å². The summed E-state index contributed by atoms with van der Waals surface area (Å²) >= 11 is 0. The first kappa shape index (κ1) is 9.74. The van der Waals surface area contributed by atoms with Crippen LogP contribution < -0.4 is 5.48 Å². The van der Waals surface area contributed by atoms with Gasteiger partial charge in [-0.15, -0.1) is 0 Å². The van der Waals surface area contributed by atoms with Crippen molar-refractivity contribution in [1.82, 2.24) is 5.48 Å². The molecule has 0 atom stereocenters. The Hall–Kier alpha value is -0.800. The maximum absolute atomic E-state index is 5.51. The van der Waals surface area contributed by atoms with Gasteiger partial charge in [0, 0.05) is 0 Å². The highest BCUT2D eigenvalue weighted by Crippen LogP contribution is 2.20. The highest BCUT2D eigenvalue weighted by molar-refractivity contribution is 5.04. The molecule has 1 aromatic heterocycles. The third kappa shape index (κ3) is 2.59. The van der Waals surface area contributed by atoms with Crippen molar-refractivity contribution < 1.29 is 9.25 Å². The molecule has 1 fully saturated rings. The van der Waals surface area contributed by atoms with Gasteiger partial charge in [0.05, 0.1) is 12.6 Å². The number of hydrogen-bond donors (Lipinski definition) is 1. The quantitative estimate of drug-likeness (QED) is 0.750. The van der Waals surface area contributed by atoms with Gasteiger partial charge in [0.15, 0.2) is 0 Å². The van der Waals surface area contributed by atoms with E-state index >= 15 is 0 Å². The first-order valence-electron chi connectivity index (χ1n) is 5.28. The smallest absolute Gasteiger partial charge is 0.120 e. The Labute approximate surface area is 84.4 Å². The Bertz CT molecular complexity index is 277. The molecule has 78 valence electrons. The van der Waals surface area contributed by atoms with E-state index in [1.165, 1.54) is 25.7 Å². The van der Waals surface area contributed by atoms with Crippen molar-refractivity contribution in [2.24, 2.45) is 0 Å². The second kappa shape index (κ2) is 4.62. The summed E-state index contributed by atoms with van der Waals surface area (Å²) in [5, 5.41) is 0. The number of furan rings is 1. The summed E-state index contributed by atoms with van der Waals surface area (Å²) in [7, 11) is 0. The summed E-state index contributed by atoms with van der Waals surface area (Å²) in [5.41, 5.74) is 2.96. The number of rotatable bonds is 4. The van der Waals surface area contributed by atoms with Crippen LogP contribution in [0.3, 0.4) is 0 Å². The SMILES string of the molecule is Cc1ccc(CNOC2CCCC2)o1. The molecule has 0 amide bonds. The van der Waals surface area contributed by atoms with Crippen LogP contribution in [0.15, 0.2) is 16.5 Å². The van der Waals surface area contributed by atoms with E-state index < -0.39 is 0 Å². The second-order valence-corrected chi connectivity index (χ2v) is 3.86. The van der Waals surface area contributed by atoms with Crippen molar-refractivity contribution in [3.05, 3.63) is 23.7 Å². The van der Waals surface area contributed by atoms with Gasteiger partial charge in [-0.05, 0) is 31.9 Å². The van der Waals surface area contributed by atoms with Crippen LogP contribution in [0.1, 0.15) is 37.2 Å². The molecule has 1 aliphatic rings. The fourth-order valence-electron chi connectivity index (χ4n) is 1.82. The van der Waals surface area contributed by atoms with E-state index in [9.17, 15) is 0 Å². The first-order valence-corrected chi connectivity index (χ1v) is 5.28. The van der Waals surface area contributed by atoms with Gasteiger partial charge in [-0.25, -0.2) is 0 Å². The lowest BCUT2D eigenvalue weighted by atomic mass is 10.3. The summed E-state index contributed by atoms with van der Waals surface area (Å²) < 4.78 is 5.41. The van der Waals surface area contributed by atoms with E-state index in [1.54, 1.807) is 0 Å². The van der Waals surface area contributed by atoms with Gasteiger partial charge in [-0.3, -0.25) is 4.84 Å².